The van der Waals surface area contributed by atoms with Crippen LogP contribution in [0, 0.1) is 0 Å². The average molecular weight is 250 g/mol. The molecule has 2 rings (SSSR count). The van der Waals surface area contributed by atoms with Crippen molar-refractivity contribution in [3.05, 3.63) is 30.4 Å². The Morgan fingerprint density at radius 2 is 2.28 bits per heavy atom. The summed E-state index contributed by atoms with van der Waals surface area (Å²) >= 11 is 0. The number of ether oxygens (including phenoxy) is 1. The molecule has 0 fully saturated rings. The molecule has 0 saturated heterocycles. The van der Waals surface area contributed by atoms with Gasteiger partial charge >= 0.3 is 0 Å². The van der Waals surface area contributed by atoms with Crippen molar-refractivity contribution in [2.45, 2.75) is 13.1 Å². The number of imidazole rings is 1. The van der Waals surface area contributed by atoms with Gasteiger partial charge in [-0.2, -0.15) is 0 Å². The van der Waals surface area contributed by atoms with Crippen molar-refractivity contribution in [2.24, 2.45) is 7.05 Å². The maximum absolute atomic E-state index is 4.98. The van der Waals surface area contributed by atoms with Crippen LogP contribution in [0.2, 0.25) is 0 Å². The fraction of sp³-hybridized carbons (Fsp3) is 0.545. The highest BCUT2D eigenvalue weighted by molar-refractivity contribution is 4.97. The molecule has 0 unspecified atom stereocenters. The van der Waals surface area contributed by atoms with Crippen LogP contribution in [0.3, 0.4) is 0 Å². The number of nitrogens with zero attached hydrogens (tertiary/aromatic N) is 5. The fourth-order valence-electron chi connectivity index (χ4n) is 1.63. The average Bonchev–Trinajstić information content (AvgIpc) is 2.96. The first-order chi connectivity index (χ1) is 8.81. The molecule has 0 amide bonds. The lowest BCUT2D eigenvalue weighted by Gasteiger charge is -2.08. The van der Waals surface area contributed by atoms with Crippen molar-refractivity contribution in [1.29, 1.82) is 0 Å². The minimum absolute atomic E-state index is 0.678. The highest BCUT2D eigenvalue weighted by atomic mass is 16.5. The van der Waals surface area contributed by atoms with Crippen molar-refractivity contribution < 1.29 is 4.74 Å². The molecule has 0 atom stereocenters. The van der Waals surface area contributed by atoms with Gasteiger partial charge in [0.15, 0.2) is 5.82 Å². The Balaban J connectivity index is 1.93. The quantitative estimate of drug-likeness (QED) is 0.689. The lowest BCUT2D eigenvalue weighted by Crippen LogP contribution is -2.21. The van der Waals surface area contributed by atoms with Crippen LogP contribution in [0.15, 0.2) is 18.7 Å². The normalized spacial score (nSPS) is 11.0. The van der Waals surface area contributed by atoms with E-state index in [0.29, 0.717) is 19.7 Å². The minimum atomic E-state index is 0.678. The van der Waals surface area contributed by atoms with E-state index in [1.54, 1.807) is 19.6 Å². The lowest BCUT2D eigenvalue weighted by atomic mass is 10.5. The van der Waals surface area contributed by atoms with Gasteiger partial charge in [0.1, 0.15) is 12.2 Å². The Morgan fingerprint density at radius 3 is 3.00 bits per heavy atom. The monoisotopic (exact) mass is 250 g/mol. The van der Waals surface area contributed by atoms with E-state index in [4.69, 9.17) is 4.74 Å². The van der Waals surface area contributed by atoms with Gasteiger partial charge < -0.3 is 19.2 Å². The zero-order valence-electron chi connectivity index (χ0n) is 10.7. The second-order valence-electron chi connectivity index (χ2n) is 4.00. The summed E-state index contributed by atoms with van der Waals surface area (Å²) in [6.07, 6.45) is 5.44. The molecule has 0 radical (unpaired) electrons. The van der Waals surface area contributed by atoms with Gasteiger partial charge in [-0.15, -0.1) is 10.2 Å². The number of nitrogens with one attached hydrogen (secondary N) is 1. The molecule has 1 N–H and O–H groups in total. The lowest BCUT2D eigenvalue weighted by molar-refractivity contribution is 0.199. The summed E-state index contributed by atoms with van der Waals surface area (Å²) in [5, 5.41) is 11.2. The van der Waals surface area contributed by atoms with Gasteiger partial charge in [-0.3, -0.25) is 0 Å². The first-order valence-electron chi connectivity index (χ1n) is 5.84. The molecule has 0 aliphatic heterocycles. The Labute approximate surface area is 106 Å². The molecule has 0 aromatic carbocycles. The minimum Gasteiger partial charge on any atom is -0.383 e. The smallest absolute Gasteiger partial charge is 0.152 e. The van der Waals surface area contributed by atoms with Crippen molar-refractivity contribution in [3.63, 3.8) is 0 Å². The zero-order chi connectivity index (χ0) is 12.8. The summed E-state index contributed by atoms with van der Waals surface area (Å²) in [4.78, 5) is 4.33. The predicted octanol–water partition coefficient (Wildman–Crippen LogP) is -0.204. The van der Waals surface area contributed by atoms with Crippen LogP contribution < -0.4 is 5.32 Å². The van der Waals surface area contributed by atoms with Gasteiger partial charge in [0.05, 0.1) is 19.7 Å². The SMILES string of the molecule is COCCNCc1nccn1Cc1nncn1C. The highest BCUT2D eigenvalue weighted by Crippen LogP contribution is 2.02. The number of hydrogen-bond donors (Lipinski definition) is 1. The fourth-order valence-corrected chi connectivity index (χ4v) is 1.63. The zero-order valence-corrected chi connectivity index (χ0v) is 10.7. The second-order valence-corrected chi connectivity index (χ2v) is 4.00. The Morgan fingerprint density at radius 1 is 1.39 bits per heavy atom. The van der Waals surface area contributed by atoms with Crippen molar-refractivity contribution in [2.75, 3.05) is 20.3 Å². The summed E-state index contributed by atoms with van der Waals surface area (Å²) in [7, 11) is 3.62. The molecule has 18 heavy (non-hydrogen) atoms. The molecule has 7 heteroatoms. The number of aryl methyl sites for hydroxylation is 1. The van der Waals surface area contributed by atoms with Crippen LogP contribution in [0.25, 0.3) is 0 Å². The van der Waals surface area contributed by atoms with E-state index in [2.05, 4.69) is 25.1 Å². The third kappa shape index (κ3) is 3.14. The van der Waals surface area contributed by atoms with Gasteiger partial charge in [0, 0.05) is 33.1 Å². The molecule has 98 valence electrons. The standard InChI is InChI=1S/C11H18N6O/c1-16-9-14-15-11(16)8-17-5-3-13-10(17)7-12-4-6-18-2/h3,5,9,12H,4,6-8H2,1-2H3. The van der Waals surface area contributed by atoms with Crippen LogP contribution in [-0.2, 0) is 24.9 Å². The van der Waals surface area contributed by atoms with Crippen LogP contribution in [0.4, 0.5) is 0 Å². The summed E-state index contributed by atoms with van der Waals surface area (Å²) in [5.41, 5.74) is 0. The van der Waals surface area contributed by atoms with Gasteiger partial charge in [0.2, 0.25) is 0 Å². The van der Waals surface area contributed by atoms with E-state index < -0.39 is 0 Å². The second kappa shape index (κ2) is 6.27. The topological polar surface area (TPSA) is 69.8 Å². The summed E-state index contributed by atoms with van der Waals surface area (Å²) in [6, 6.07) is 0. The molecule has 7 nitrogen and oxygen atoms in total. The molecule has 0 aliphatic carbocycles. The summed E-state index contributed by atoms with van der Waals surface area (Å²) < 4.78 is 8.95. The number of rotatable bonds is 7. The van der Waals surface area contributed by atoms with Gasteiger partial charge in [-0.05, 0) is 0 Å². The third-order valence-corrected chi connectivity index (χ3v) is 2.68. The molecule has 0 aliphatic rings. The maximum atomic E-state index is 4.98. The molecular weight excluding hydrogens is 232 g/mol. The molecular formula is C11H18N6O. The van der Waals surface area contributed by atoms with Gasteiger partial charge in [-0.1, -0.05) is 0 Å². The predicted molar refractivity (Wildman–Crippen MR) is 65.9 cm³/mol. The molecule has 0 saturated carbocycles. The number of methoxy groups -OCH3 is 1. The molecule has 0 spiro atoms. The van der Waals surface area contributed by atoms with E-state index in [-0.39, 0.29) is 0 Å². The summed E-state index contributed by atoms with van der Waals surface area (Å²) in [5.74, 6) is 1.89. The van der Waals surface area contributed by atoms with E-state index in [1.165, 1.54) is 0 Å². The van der Waals surface area contributed by atoms with Crippen LogP contribution in [-0.4, -0.2) is 44.6 Å². The highest BCUT2D eigenvalue weighted by Gasteiger charge is 2.06. The van der Waals surface area contributed by atoms with E-state index in [0.717, 1.165) is 18.2 Å². The molecule has 2 aromatic rings. The molecule has 2 heterocycles. The summed E-state index contributed by atoms with van der Waals surface area (Å²) in [6.45, 7) is 2.91. The van der Waals surface area contributed by atoms with Crippen molar-refractivity contribution in [1.82, 2.24) is 29.6 Å². The Kier molecular flexibility index (Phi) is 4.43. The molecule has 2 aromatic heterocycles. The number of hydrogen-bond acceptors (Lipinski definition) is 5. The Hall–Kier alpha value is -1.73. The van der Waals surface area contributed by atoms with Crippen molar-refractivity contribution >= 4 is 0 Å². The van der Waals surface area contributed by atoms with Crippen molar-refractivity contribution in [3.8, 4) is 0 Å². The van der Waals surface area contributed by atoms with Gasteiger partial charge in [-0.25, -0.2) is 4.98 Å². The van der Waals surface area contributed by atoms with Gasteiger partial charge in [0.25, 0.3) is 0 Å². The first-order valence-corrected chi connectivity index (χ1v) is 5.84. The van der Waals surface area contributed by atoms with E-state index >= 15 is 0 Å². The van der Waals surface area contributed by atoms with E-state index in [1.807, 2.05) is 17.8 Å². The number of aromatic nitrogens is 5. The van der Waals surface area contributed by atoms with Crippen LogP contribution >= 0.6 is 0 Å². The Bertz CT molecular complexity index is 477. The first kappa shape index (κ1) is 12.7. The molecule has 0 bridgehead atoms. The van der Waals surface area contributed by atoms with E-state index in [9.17, 15) is 0 Å². The van der Waals surface area contributed by atoms with Crippen LogP contribution in [0.5, 0.6) is 0 Å². The largest absolute Gasteiger partial charge is 0.383 e. The third-order valence-electron chi connectivity index (χ3n) is 2.68. The van der Waals surface area contributed by atoms with Crippen LogP contribution in [0.1, 0.15) is 11.6 Å². The maximum Gasteiger partial charge on any atom is 0.152 e.